The first-order chi connectivity index (χ1) is 10.1. The van der Waals surface area contributed by atoms with E-state index in [0.717, 1.165) is 4.90 Å². The average molecular weight is 301 g/mol. The number of amides is 1. The topological polar surface area (TPSA) is 38.3 Å². The SMILES string of the molecule is COc1ccccc1NC(=O)CSc1ccc(C)cc1C. The largest absolute Gasteiger partial charge is 0.495 e. The number of nitrogens with one attached hydrogen (secondary N) is 1. The lowest BCUT2D eigenvalue weighted by Crippen LogP contribution is -2.14. The third-order valence-corrected chi connectivity index (χ3v) is 4.25. The van der Waals surface area contributed by atoms with Crippen LogP contribution >= 0.6 is 11.8 Å². The van der Waals surface area contributed by atoms with Gasteiger partial charge >= 0.3 is 0 Å². The molecule has 0 aliphatic carbocycles. The van der Waals surface area contributed by atoms with Gasteiger partial charge in [0.25, 0.3) is 0 Å². The maximum atomic E-state index is 12.0. The molecule has 2 rings (SSSR count). The smallest absolute Gasteiger partial charge is 0.234 e. The summed E-state index contributed by atoms with van der Waals surface area (Å²) in [4.78, 5) is 13.2. The van der Waals surface area contributed by atoms with Gasteiger partial charge in [-0.05, 0) is 37.6 Å². The summed E-state index contributed by atoms with van der Waals surface area (Å²) in [6.07, 6.45) is 0. The first kappa shape index (κ1) is 15.4. The van der Waals surface area contributed by atoms with E-state index in [1.807, 2.05) is 24.3 Å². The molecule has 0 saturated carbocycles. The number of para-hydroxylation sites is 2. The monoisotopic (exact) mass is 301 g/mol. The zero-order chi connectivity index (χ0) is 15.2. The van der Waals surface area contributed by atoms with Crippen molar-refractivity contribution >= 4 is 23.4 Å². The summed E-state index contributed by atoms with van der Waals surface area (Å²) < 4.78 is 5.22. The highest BCUT2D eigenvalue weighted by atomic mass is 32.2. The molecule has 2 aromatic carbocycles. The Balaban J connectivity index is 1.96. The van der Waals surface area contributed by atoms with Crippen molar-refractivity contribution in [3.05, 3.63) is 53.6 Å². The Morgan fingerprint density at radius 1 is 1.19 bits per heavy atom. The fourth-order valence-corrected chi connectivity index (χ4v) is 2.85. The molecule has 0 spiro atoms. The van der Waals surface area contributed by atoms with Crippen molar-refractivity contribution < 1.29 is 9.53 Å². The van der Waals surface area contributed by atoms with Crippen LogP contribution < -0.4 is 10.1 Å². The van der Waals surface area contributed by atoms with Gasteiger partial charge in [0.1, 0.15) is 5.75 Å². The van der Waals surface area contributed by atoms with Crippen molar-refractivity contribution in [2.24, 2.45) is 0 Å². The van der Waals surface area contributed by atoms with Crippen LogP contribution in [-0.4, -0.2) is 18.8 Å². The van der Waals surface area contributed by atoms with Crippen LogP contribution in [0.15, 0.2) is 47.4 Å². The van der Waals surface area contributed by atoms with E-state index in [2.05, 4.69) is 37.4 Å². The molecule has 0 unspecified atom stereocenters. The standard InChI is InChI=1S/C17H19NO2S/c1-12-8-9-16(13(2)10-12)21-11-17(19)18-14-6-4-5-7-15(14)20-3/h4-10H,11H2,1-3H3,(H,18,19). The molecule has 0 heterocycles. The molecule has 0 aromatic heterocycles. The van der Waals surface area contributed by atoms with Crippen molar-refractivity contribution in [1.29, 1.82) is 0 Å². The van der Waals surface area contributed by atoms with Crippen LogP contribution in [0, 0.1) is 13.8 Å². The molecule has 2 aromatic rings. The number of hydrogen-bond donors (Lipinski definition) is 1. The van der Waals surface area contributed by atoms with E-state index in [-0.39, 0.29) is 5.91 Å². The zero-order valence-electron chi connectivity index (χ0n) is 12.5. The molecule has 1 amide bonds. The van der Waals surface area contributed by atoms with Crippen molar-refractivity contribution in [2.75, 3.05) is 18.2 Å². The predicted octanol–water partition coefficient (Wildman–Crippen LogP) is 4.04. The van der Waals surface area contributed by atoms with Crippen molar-refractivity contribution in [1.82, 2.24) is 0 Å². The Bertz CT molecular complexity index is 640. The first-order valence-corrected chi connectivity index (χ1v) is 7.71. The van der Waals surface area contributed by atoms with Crippen LogP contribution in [0.2, 0.25) is 0 Å². The van der Waals surface area contributed by atoms with E-state index in [0.29, 0.717) is 17.2 Å². The molecule has 21 heavy (non-hydrogen) atoms. The second kappa shape index (κ2) is 7.18. The molecule has 0 radical (unpaired) electrons. The first-order valence-electron chi connectivity index (χ1n) is 6.73. The van der Waals surface area contributed by atoms with Gasteiger partial charge < -0.3 is 10.1 Å². The number of rotatable bonds is 5. The number of carbonyl (C=O) groups is 1. The Hall–Kier alpha value is -1.94. The quantitative estimate of drug-likeness (QED) is 0.847. The summed E-state index contributed by atoms with van der Waals surface area (Å²) in [6, 6.07) is 13.7. The van der Waals surface area contributed by atoms with Gasteiger partial charge in [-0.2, -0.15) is 0 Å². The minimum atomic E-state index is -0.0375. The lowest BCUT2D eigenvalue weighted by atomic mass is 10.2. The summed E-state index contributed by atoms with van der Waals surface area (Å²) in [6.45, 7) is 4.13. The predicted molar refractivity (Wildman–Crippen MR) is 88.3 cm³/mol. The minimum Gasteiger partial charge on any atom is -0.495 e. The molecule has 110 valence electrons. The van der Waals surface area contributed by atoms with Crippen LogP contribution in [0.5, 0.6) is 5.75 Å². The lowest BCUT2D eigenvalue weighted by Gasteiger charge is -2.10. The number of aryl methyl sites for hydroxylation is 2. The summed E-state index contributed by atoms with van der Waals surface area (Å²) in [7, 11) is 1.59. The van der Waals surface area contributed by atoms with Gasteiger partial charge in [0.05, 0.1) is 18.6 Å². The second-order valence-corrected chi connectivity index (χ2v) is 5.82. The maximum absolute atomic E-state index is 12.0. The molecule has 0 aliphatic rings. The number of anilines is 1. The van der Waals surface area contributed by atoms with E-state index in [1.165, 1.54) is 11.1 Å². The van der Waals surface area contributed by atoms with E-state index >= 15 is 0 Å². The fourth-order valence-electron chi connectivity index (χ4n) is 2.04. The molecule has 1 N–H and O–H groups in total. The van der Waals surface area contributed by atoms with E-state index in [9.17, 15) is 4.79 Å². The molecule has 3 nitrogen and oxygen atoms in total. The summed E-state index contributed by atoms with van der Waals surface area (Å²) >= 11 is 1.54. The Labute approximate surface area is 129 Å². The van der Waals surface area contributed by atoms with Gasteiger partial charge in [-0.1, -0.05) is 29.8 Å². The number of thioether (sulfide) groups is 1. The van der Waals surface area contributed by atoms with Gasteiger partial charge in [0, 0.05) is 4.90 Å². The molecule has 0 fully saturated rings. The van der Waals surface area contributed by atoms with Gasteiger partial charge in [0.15, 0.2) is 0 Å². The number of methoxy groups -OCH3 is 1. The van der Waals surface area contributed by atoms with Crippen LogP contribution in [0.3, 0.4) is 0 Å². The zero-order valence-corrected chi connectivity index (χ0v) is 13.3. The molecule has 0 bridgehead atoms. The van der Waals surface area contributed by atoms with Gasteiger partial charge in [-0.3, -0.25) is 4.79 Å². The van der Waals surface area contributed by atoms with Crippen molar-refractivity contribution in [3.63, 3.8) is 0 Å². The molecular weight excluding hydrogens is 282 g/mol. The van der Waals surface area contributed by atoms with Crippen LogP contribution in [-0.2, 0) is 4.79 Å². The normalized spacial score (nSPS) is 10.2. The summed E-state index contributed by atoms with van der Waals surface area (Å²) in [5, 5.41) is 2.88. The van der Waals surface area contributed by atoms with Crippen LogP contribution in [0.4, 0.5) is 5.69 Å². The number of ether oxygens (including phenoxy) is 1. The highest BCUT2D eigenvalue weighted by Crippen LogP contribution is 2.25. The van der Waals surface area contributed by atoms with Gasteiger partial charge in [0.2, 0.25) is 5.91 Å². The van der Waals surface area contributed by atoms with E-state index in [4.69, 9.17) is 4.74 Å². The summed E-state index contributed by atoms with van der Waals surface area (Å²) in [5.41, 5.74) is 3.13. The number of carbonyl (C=O) groups excluding carboxylic acids is 1. The lowest BCUT2D eigenvalue weighted by molar-refractivity contribution is -0.113. The highest BCUT2D eigenvalue weighted by Gasteiger charge is 2.08. The van der Waals surface area contributed by atoms with Gasteiger partial charge in [-0.15, -0.1) is 11.8 Å². The molecular formula is C17H19NO2S. The number of benzene rings is 2. The Kier molecular flexibility index (Phi) is 5.28. The highest BCUT2D eigenvalue weighted by molar-refractivity contribution is 8.00. The summed E-state index contributed by atoms with van der Waals surface area (Å²) in [5.74, 6) is 1.01. The Morgan fingerprint density at radius 3 is 2.67 bits per heavy atom. The van der Waals surface area contributed by atoms with Crippen LogP contribution in [0.25, 0.3) is 0 Å². The third kappa shape index (κ3) is 4.26. The maximum Gasteiger partial charge on any atom is 0.234 e. The fraction of sp³-hybridized carbons (Fsp3) is 0.235. The van der Waals surface area contributed by atoms with E-state index < -0.39 is 0 Å². The third-order valence-electron chi connectivity index (χ3n) is 3.07. The Morgan fingerprint density at radius 2 is 1.95 bits per heavy atom. The molecule has 4 heteroatoms. The van der Waals surface area contributed by atoms with Crippen LogP contribution in [0.1, 0.15) is 11.1 Å². The van der Waals surface area contributed by atoms with Gasteiger partial charge in [-0.25, -0.2) is 0 Å². The number of hydrogen-bond acceptors (Lipinski definition) is 3. The van der Waals surface area contributed by atoms with Crippen molar-refractivity contribution in [3.8, 4) is 5.75 Å². The average Bonchev–Trinajstić information content (AvgIpc) is 2.47. The van der Waals surface area contributed by atoms with E-state index in [1.54, 1.807) is 18.9 Å². The molecule has 0 atom stereocenters. The van der Waals surface area contributed by atoms with Crippen molar-refractivity contribution in [2.45, 2.75) is 18.7 Å². The minimum absolute atomic E-state index is 0.0375. The molecule has 0 aliphatic heterocycles. The molecule has 0 saturated heterocycles. The second-order valence-electron chi connectivity index (χ2n) is 4.81.